The number of nitro benzene ring substituents is 1. The van der Waals surface area contributed by atoms with Crippen LogP contribution in [0.25, 0.3) is 16.6 Å². The SMILES string of the molecule is CC1(C)CCC(CN2CCN(c3ccc(C(=O)NS(=O)(=O)c4ccc(OCC5(F)CCOCC5)c([N+](=O)[O-])c4)c(N4CCOc5nc6[nH]ccc6cc54)c3)CC2)=C(c2ccc(Cl)cc2)C1. The number of nitrogens with one attached hydrogen (secondary N) is 2. The summed E-state index contributed by atoms with van der Waals surface area (Å²) in [5.41, 5.74) is 4.44. The van der Waals surface area contributed by atoms with Crippen LogP contribution in [0.1, 0.15) is 61.9 Å². The van der Waals surface area contributed by atoms with Crippen molar-refractivity contribution in [2.45, 2.75) is 56.5 Å². The van der Waals surface area contributed by atoms with Crippen molar-refractivity contribution in [1.82, 2.24) is 19.6 Å². The summed E-state index contributed by atoms with van der Waals surface area (Å²) in [4.78, 5) is 39.5. The Morgan fingerprint density at radius 3 is 2.49 bits per heavy atom. The highest BCUT2D eigenvalue weighted by Gasteiger charge is 2.36. The van der Waals surface area contributed by atoms with Crippen LogP contribution in [-0.2, 0) is 14.8 Å². The summed E-state index contributed by atoms with van der Waals surface area (Å²) < 4.78 is 61.8. The molecule has 0 spiro atoms. The predicted octanol–water partition coefficient (Wildman–Crippen LogP) is 8.46. The van der Waals surface area contributed by atoms with Crippen LogP contribution in [0.5, 0.6) is 11.6 Å². The molecule has 15 nitrogen and oxygen atoms in total. The number of nitrogens with zero attached hydrogens (tertiary/aromatic N) is 5. The number of carbonyl (C=O) groups is 1. The van der Waals surface area contributed by atoms with E-state index in [2.05, 4.69) is 50.5 Å². The van der Waals surface area contributed by atoms with Gasteiger partial charge >= 0.3 is 5.69 Å². The highest BCUT2D eigenvalue weighted by atomic mass is 35.5. The van der Waals surface area contributed by atoms with Crippen molar-refractivity contribution in [2.24, 2.45) is 5.41 Å². The number of allylic oxidation sites excluding steroid dienone is 1. The number of ether oxygens (including phenoxy) is 3. The van der Waals surface area contributed by atoms with Gasteiger partial charge in [0.05, 0.1) is 27.6 Å². The molecule has 0 saturated carbocycles. The lowest BCUT2D eigenvalue weighted by atomic mass is 9.72. The summed E-state index contributed by atoms with van der Waals surface area (Å²) in [5, 5.41) is 13.7. The van der Waals surface area contributed by atoms with Gasteiger partial charge < -0.3 is 29.0 Å². The third-order valence-corrected chi connectivity index (χ3v) is 14.5. The Hall–Kier alpha value is -5.75. The molecule has 3 aromatic carbocycles. The number of aromatic nitrogens is 2. The van der Waals surface area contributed by atoms with Crippen molar-refractivity contribution >= 4 is 66.9 Å². The lowest BCUT2D eigenvalue weighted by Crippen LogP contribution is -2.47. The lowest BCUT2D eigenvalue weighted by Gasteiger charge is -2.39. The van der Waals surface area contributed by atoms with Crippen molar-refractivity contribution in [1.29, 1.82) is 0 Å². The maximum absolute atomic E-state index is 15.2. The van der Waals surface area contributed by atoms with Gasteiger partial charge in [-0.15, -0.1) is 0 Å². The number of rotatable bonds is 12. The highest BCUT2D eigenvalue weighted by Crippen LogP contribution is 2.44. The zero-order valence-electron chi connectivity index (χ0n) is 36.3. The van der Waals surface area contributed by atoms with Crippen LogP contribution in [0, 0.1) is 15.5 Å². The van der Waals surface area contributed by atoms with E-state index in [0.717, 1.165) is 86.3 Å². The summed E-state index contributed by atoms with van der Waals surface area (Å²) >= 11 is 6.26. The monoisotopic (exact) mass is 927 g/mol. The topological polar surface area (TPSA) is 172 Å². The van der Waals surface area contributed by atoms with E-state index in [0.29, 0.717) is 29.4 Å². The third kappa shape index (κ3) is 9.64. The number of halogens is 2. The van der Waals surface area contributed by atoms with Gasteiger partial charge in [0.15, 0.2) is 5.75 Å². The van der Waals surface area contributed by atoms with Gasteiger partial charge in [-0.2, -0.15) is 4.98 Å². The highest BCUT2D eigenvalue weighted by molar-refractivity contribution is 7.90. The van der Waals surface area contributed by atoms with E-state index in [1.807, 2.05) is 41.3 Å². The van der Waals surface area contributed by atoms with Crippen LogP contribution in [0.2, 0.25) is 5.02 Å². The maximum atomic E-state index is 15.2. The number of sulfonamides is 1. The van der Waals surface area contributed by atoms with E-state index in [1.165, 1.54) is 16.7 Å². The van der Waals surface area contributed by atoms with Crippen LogP contribution in [-0.4, -0.2) is 105 Å². The molecule has 0 radical (unpaired) electrons. The number of carbonyl (C=O) groups excluding carboxylic acids is 1. The summed E-state index contributed by atoms with van der Waals surface area (Å²) in [6.07, 6.45) is 5.06. The molecule has 5 heterocycles. The number of alkyl halides is 1. The quantitative estimate of drug-likeness (QED) is 0.0905. The number of amides is 1. The molecule has 1 aliphatic carbocycles. The van der Waals surface area contributed by atoms with Crippen LogP contribution >= 0.6 is 11.6 Å². The Morgan fingerprint density at radius 2 is 1.74 bits per heavy atom. The fourth-order valence-electron chi connectivity index (χ4n) is 9.14. The third-order valence-electron chi connectivity index (χ3n) is 12.9. The fourth-order valence-corrected chi connectivity index (χ4v) is 10.3. The van der Waals surface area contributed by atoms with Crippen LogP contribution in [0.3, 0.4) is 0 Å². The number of hydrogen-bond acceptors (Lipinski definition) is 12. The van der Waals surface area contributed by atoms with E-state index in [-0.39, 0.29) is 49.4 Å². The summed E-state index contributed by atoms with van der Waals surface area (Å²) in [5.74, 6) is -0.883. The molecule has 9 rings (SSSR count). The number of H-pyrrole nitrogens is 1. The smallest absolute Gasteiger partial charge is 0.312 e. The first-order valence-corrected chi connectivity index (χ1v) is 23.7. The molecule has 5 aromatic rings. The molecule has 65 heavy (non-hydrogen) atoms. The van der Waals surface area contributed by atoms with Gasteiger partial charge in [0, 0.05) is 87.1 Å². The molecule has 0 bridgehead atoms. The van der Waals surface area contributed by atoms with Crippen LogP contribution in [0.15, 0.2) is 89.5 Å². The second-order valence-electron chi connectivity index (χ2n) is 18.0. The zero-order chi connectivity index (χ0) is 45.5. The number of fused-ring (bicyclic) bond motifs is 2. The molecule has 3 aliphatic heterocycles. The Balaban J connectivity index is 0.976. The minimum Gasteiger partial charge on any atom is -0.483 e. The average Bonchev–Trinajstić information content (AvgIpc) is 3.76. The van der Waals surface area contributed by atoms with E-state index in [1.54, 1.807) is 12.3 Å². The van der Waals surface area contributed by atoms with Crippen molar-refractivity contribution in [3.8, 4) is 11.6 Å². The van der Waals surface area contributed by atoms with E-state index >= 15 is 4.39 Å². The van der Waals surface area contributed by atoms with Crippen molar-refractivity contribution in [2.75, 3.05) is 75.5 Å². The first-order chi connectivity index (χ1) is 31.1. The van der Waals surface area contributed by atoms with E-state index in [9.17, 15) is 23.3 Å². The number of piperazine rings is 1. The number of nitro groups is 1. The zero-order valence-corrected chi connectivity index (χ0v) is 37.9. The second kappa shape index (κ2) is 17.9. The summed E-state index contributed by atoms with van der Waals surface area (Å²) in [6.45, 7) is 9.09. The average molecular weight is 928 g/mol. The summed E-state index contributed by atoms with van der Waals surface area (Å²) in [6, 6.07) is 20.3. The van der Waals surface area contributed by atoms with Gasteiger partial charge in [0.2, 0.25) is 5.88 Å². The Labute approximate surface area is 381 Å². The number of hydrogen-bond donors (Lipinski definition) is 2. The molecule has 4 aliphatic rings. The van der Waals surface area contributed by atoms with Gasteiger partial charge in [0.1, 0.15) is 30.2 Å². The molecule has 2 fully saturated rings. The molecular weight excluding hydrogens is 877 g/mol. The first kappa shape index (κ1) is 44.5. The molecule has 2 aromatic heterocycles. The largest absolute Gasteiger partial charge is 0.483 e. The fraction of sp³-hybridized carbons (Fsp3) is 0.404. The second-order valence-corrected chi connectivity index (χ2v) is 20.1. The summed E-state index contributed by atoms with van der Waals surface area (Å²) in [7, 11) is -4.67. The number of anilines is 3. The number of benzene rings is 3. The Kier molecular flexibility index (Phi) is 12.2. The minimum absolute atomic E-state index is 0.0547. The molecule has 2 N–H and O–H groups in total. The molecular formula is C47H51ClFN7O8S. The predicted molar refractivity (Wildman–Crippen MR) is 247 cm³/mol. The van der Waals surface area contributed by atoms with Gasteiger partial charge in [-0.3, -0.25) is 19.8 Å². The lowest BCUT2D eigenvalue weighted by molar-refractivity contribution is -0.386. The number of pyridine rings is 1. The van der Waals surface area contributed by atoms with Crippen molar-refractivity contribution in [3.05, 3.63) is 111 Å². The Morgan fingerprint density at radius 1 is 0.969 bits per heavy atom. The molecule has 0 atom stereocenters. The standard InChI is InChI=1S/C47H51ClFN7O8S/c1-46(2)13-11-33(38(28-46)31-3-5-34(48)6-4-31)29-53-17-19-54(20-18-53)35-7-9-37(39(26-35)55-21-24-63-45-41(55)25-32-12-16-50-43(32)51-45)44(57)52-65(60,61)36-8-10-42(40(27-36)56(58)59)64-30-47(49)14-22-62-23-15-47/h3-10,12,16,25-27H,11,13-15,17-24,28-30H2,1-2H3,(H,50,51)(H,52,57). The molecule has 2 saturated heterocycles. The number of aromatic amines is 1. The van der Waals surface area contributed by atoms with Gasteiger partial charge in [0.25, 0.3) is 15.9 Å². The van der Waals surface area contributed by atoms with Gasteiger partial charge in [-0.25, -0.2) is 17.5 Å². The first-order valence-electron chi connectivity index (χ1n) is 21.9. The maximum Gasteiger partial charge on any atom is 0.312 e. The van der Waals surface area contributed by atoms with E-state index < -0.39 is 43.7 Å². The van der Waals surface area contributed by atoms with Gasteiger partial charge in [-0.1, -0.05) is 43.2 Å². The van der Waals surface area contributed by atoms with Crippen molar-refractivity contribution in [3.63, 3.8) is 0 Å². The normalized spacial score (nSPS) is 18.8. The van der Waals surface area contributed by atoms with E-state index in [4.69, 9.17) is 25.8 Å². The van der Waals surface area contributed by atoms with Crippen molar-refractivity contribution < 1.29 is 36.7 Å². The Bertz CT molecular complexity index is 2770. The van der Waals surface area contributed by atoms with Gasteiger partial charge in [-0.05, 0) is 90.4 Å². The van der Waals surface area contributed by atoms with Crippen LogP contribution < -0.4 is 24.0 Å². The minimum atomic E-state index is -4.67. The molecule has 342 valence electrons. The van der Waals surface area contributed by atoms with Crippen LogP contribution in [0.4, 0.5) is 27.1 Å². The molecule has 0 unspecified atom stereocenters. The molecule has 18 heteroatoms. The molecule has 1 amide bonds.